The van der Waals surface area contributed by atoms with Crippen LogP contribution >= 0.6 is 45.9 Å². The first kappa shape index (κ1) is 17.8. The number of hydrogen-bond donors (Lipinski definition) is 2. The van der Waals surface area contributed by atoms with Crippen molar-refractivity contribution in [2.24, 2.45) is 5.73 Å². The Morgan fingerprint density at radius 2 is 2.21 bits per heavy atom. The number of rotatable bonds is 7. The standard InChI is InChI=1S/C15H15Cl2FN4S2/c16-11-6-9(21-7-12-20-3-4-23-12)15-14(22-11)13(17)10(24-15)5-8(19)1-2-18/h3-4,6,8H,1-2,5,7,19H2,(H,21,22)/t8-/m0/s1. The third-order valence-electron chi connectivity index (χ3n) is 3.46. The molecule has 24 heavy (non-hydrogen) atoms. The van der Waals surface area contributed by atoms with Crippen molar-refractivity contribution in [1.29, 1.82) is 0 Å². The van der Waals surface area contributed by atoms with Crippen LogP contribution in [0.25, 0.3) is 10.2 Å². The predicted molar refractivity (Wildman–Crippen MR) is 101 cm³/mol. The zero-order valence-electron chi connectivity index (χ0n) is 12.6. The minimum atomic E-state index is -0.436. The quantitative estimate of drug-likeness (QED) is 0.549. The first-order chi connectivity index (χ1) is 11.6. The molecule has 1 atom stereocenters. The lowest BCUT2D eigenvalue weighted by Crippen LogP contribution is -2.22. The number of thiophene rings is 1. The Morgan fingerprint density at radius 3 is 2.92 bits per heavy atom. The van der Waals surface area contributed by atoms with Crippen LogP contribution in [-0.2, 0) is 13.0 Å². The van der Waals surface area contributed by atoms with E-state index in [0.29, 0.717) is 35.1 Å². The number of alkyl halides is 1. The molecule has 3 aromatic rings. The Kier molecular flexibility index (Phi) is 5.89. The molecule has 0 aromatic carbocycles. The zero-order valence-corrected chi connectivity index (χ0v) is 15.7. The van der Waals surface area contributed by atoms with Gasteiger partial charge in [-0.3, -0.25) is 4.39 Å². The van der Waals surface area contributed by atoms with Gasteiger partial charge >= 0.3 is 0 Å². The molecule has 9 heteroatoms. The lowest BCUT2D eigenvalue weighted by molar-refractivity contribution is 0.436. The fourth-order valence-electron chi connectivity index (χ4n) is 2.31. The van der Waals surface area contributed by atoms with Gasteiger partial charge in [0.2, 0.25) is 0 Å². The molecule has 4 nitrogen and oxygen atoms in total. The maximum atomic E-state index is 12.4. The molecule has 3 aromatic heterocycles. The molecule has 128 valence electrons. The number of nitrogens with zero attached hydrogens (tertiary/aromatic N) is 2. The van der Waals surface area contributed by atoms with Crippen LogP contribution in [0.4, 0.5) is 10.1 Å². The van der Waals surface area contributed by atoms with Crippen LogP contribution < -0.4 is 11.1 Å². The van der Waals surface area contributed by atoms with Crippen LogP contribution in [0.5, 0.6) is 0 Å². The Morgan fingerprint density at radius 1 is 1.38 bits per heavy atom. The summed E-state index contributed by atoms with van der Waals surface area (Å²) in [4.78, 5) is 9.48. The predicted octanol–water partition coefficient (Wildman–Crippen LogP) is 4.90. The average molecular weight is 405 g/mol. The molecule has 3 heterocycles. The highest BCUT2D eigenvalue weighted by Gasteiger charge is 2.18. The summed E-state index contributed by atoms with van der Waals surface area (Å²) in [5.41, 5.74) is 7.45. The second-order valence-electron chi connectivity index (χ2n) is 5.23. The van der Waals surface area contributed by atoms with Gasteiger partial charge in [0.05, 0.1) is 28.6 Å². The van der Waals surface area contributed by atoms with Crippen LogP contribution in [-0.4, -0.2) is 22.7 Å². The molecule has 0 saturated carbocycles. The topological polar surface area (TPSA) is 63.8 Å². The maximum Gasteiger partial charge on any atom is 0.131 e. The van der Waals surface area contributed by atoms with E-state index >= 15 is 0 Å². The number of nitrogens with two attached hydrogens (primary N) is 1. The number of aromatic nitrogens is 2. The first-order valence-corrected chi connectivity index (χ1v) is 9.75. The lowest BCUT2D eigenvalue weighted by atomic mass is 10.1. The zero-order chi connectivity index (χ0) is 17.1. The highest BCUT2D eigenvalue weighted by molar-refractivity contribution is 7.20. The van der Waals surface area contributed by atoms with Gasteiger partial charge in [-0.15, -0.1) is 22.7 Å². The number of thiazole rings is 1. The second kappa shape index (κ2) is 7.93. The SMILES string of the molecule is N[C@@H](CCF)Cc1sc2c(NCc3nccs3)cc(Cl)nc2c1Cl. The average Bonchev–Trinajstić information content (AvgIpc) is 3.15. The van der Waals surface area contributed by atoms with Crippen LogP contribution in [0, 0.1) is 0 Å². The molecular formula is C15H15Cl2FN4S2. The van der Waals surface area contributed by atoms with Crippen LogP contribution in [0.1, 0.15) is 16.3 Å². The van der Waals surface area contributed by atoms with E-state index in [-0.39, 0.29) is 6.04 Å². The van der Waals surface area contributed by atoms with Crippen LogP contribution in [0.15, 0.2) is 17.6 Å². The van der Waals surface area contributed by atoms with Gasteiger partial charge in [0.1, 0.15) is 15.7 Å². The van der Waals surface area contributed by atoms with E-state index in [1.807, 2.05) is 5.38 Å². The molecule has 0 unspecified atom stereocenters. The molecule has 0 amide bonds. The summed E-state index contributed by atoms with van der Waals surface area (Å²) in [7, 11) is 0. The Labute approximate surface area is 156 Å². The number of halogens is 3. The summed E-state index contributed by atoms with van der Waals surface area (Å²) < 4.78 is 13.4. The molecule has 0 aliphatic heterocycles. The van der Waals surface area contributed by atoms with Gasteiger partial charge in [0.25, 0.3) is 0 Å². The number of nitrogens with one attached hydrogen (secondary N) is 1. The van der Waals surface area contributed by atoms with Crippen molar-refractivity contribution in [3.8, 4) is 0 Å². The van der Waals surface area contributed by atoms with Gasteiger partial charge in [0, 0.05) is 28.6 Å². The molecule has 0 aliphatic rings. The monoisotopic (exact) mass is 404 g/mol. The molecular weight excluding hydrogens is 390 g/mol. The lowest BCUT2D eigenvalue weighted by Gasteiger charge is -2.07. The highest BCUT2D eigenvalue weighted by Crippen LogP contribution is 2.40. The normalized spacial score (nSPS) is 12.7. The van der Waals surface area contributed by atoms with Gasteiger partial charge in [-0.2, -0.15) is 0 Å². The fraction of sp³-hybridized carbons (Fsp3) is 0.333. The molecule has 0 radical (unpaired) electrons. The van der Waals surface area contributed by atoms with Crippen LogP contribution in [0.3, 0.4) is 0 Å². The van der Waals surface area contributed by atoms with Gasteiger partial charge in [-0.25, -0.2) is 9.97 Å². The Bertz CT molecular complexity index is 823. The number of hydrogen-bond acceptors (Lipinski definition) is 6. The minimum Gasteiger partial charge on any atom is -0.377 e. The van der Waals surface area contributed by atoms with Crippen molar-refractivity contribution in [2.75, 3.05) is 12.0 Å². The van der Waals surface area contributed by atoms with E-state index < -0.39 is 6.67 Å². The number of anilines is 1. The van der Waals surface area contributed by atoms with E-state index in [1.165, 1.54) is 11.3 Å². The summed E-state index contributed by atoms with van der Waals surface area (Å²) in [5.74, 6) is 0. The summed E-state index contributed by atoms with van der Waals surface area (Å²) in [5, 5.41) is 7.15. The maximum absolute atomic E-state index is 12.4. The van der Waals surface area contributed by atoms with E-state index in [1.54, 1.807) is 23.6 Å². The molecule has 3 N–H and O–H groups in total. The molecule has 3 rings (SSSR count). The van der Waals surface area contributed by atoms with Gasteiger partial charge in [0.15, 0.2) is 0 Å². The first-order valence-electron chi connectivity index (χ1n) is 7.29. The van der Waals surface area contributed by atoms with E-state index in [2.05, 4.69) is 15.3 Å². The van der Waals surface area contributed by atoms with Gasteiger partial charge in [-0.1, -0.05) is 23.2 Å². The van der Waals surface area contributed by atoms with E-state index in [0.717, 1.165) is 20.3 Å². The summed E-state index contributed by atoms with van der Waals surface area (Å²) in [6.45, 7) is 0.160. The Balaban J connectivity index is 1.91. The smallest absolute Gasteiger partial charge is 0.131 e. The van der Waals surface area contributed by atoms with Crippen molar-refractivity contribution in [3.63, 3.8) is 0 Å². The van der Waals surface area contributed by atoms with Crippen molar-refractivity contribution >= 4 is 61.8 Å². The molecule has 0 spiro atoms. The number of pyridine rings is 1. The van der Waals surface area contributed by atoms with Gasteiger partial charge in [-0.05, 0) is 12.8 Å². The summed E-state index contributed by atoms with van der Waals surface area (Å²) >= 11 is 15.7. The van der Waals surface area contributed by atoms with Crippen molar-refractivity contribution < 1.29 is 4.39 Å². The van der Waals surface area contributed by atoms with E-state index in [4.69, 9.17) is 28.9 Å². The molecule has 0 saturated heterocycles. The third kappa shape index (κ3) is 3.97. The fourth-order valence-corrected chi connectivity index (χ4v) is 4.66. The number of fused-ring (bicyclic) bond motifs is 1. The van der Waals surface area contributed by atoms with Crippen LogP contribution in [0.2, 0.25) is 10.2 Å². The summed E-state index contributed by atoms with van der Waals surface area (Å²) in [6, 6.07) is 1.51. The molecule has 0 aliphatic carbocycles. The third-order valence-corrected chi connectivity index (χ3v) is 6.19. The molecule has 0 bridgehead atoms. The van der Waals surface area contributed by atoms with E-state index in [9.17, 15) is 4.39 Å². The largest absolute Gasteiger partial charge is 0.377 e. The summed E-state index contributed by atoms with van der Waals surface area (Å²) in [6.07, 6.45) is 2.60. The Hall–Kier alpha value is -0.990. The minimum absolute atomic E-state index is 0.261. The van der Waals surface area contributed by atoms with Crippen molar-refractivity contribution in [2.45, 2.75) is 25.4 Å². The van der Waals surface area contributed by atoms with Crippen molar-refractivity contribution in [1.82, 2.24) is 9.97 Å². The van der Waals surface area contributed by atoms with Gasteiger partial charge < -0.3 is 11.1 Å². The molecule has 0 fully saturated rings. The van der Waals surface area contributed by atoms with Crippen molar-refractivity contribution in [3.05, 3.63) is 37.7 Å². The second-order valence-corrected chi connectivity index (χ2v) is 8.08. The highest BCUT2D eigenvalue weighted by atomic mass is 35.5.